The highest BCUT2D eigenvalue weighted by Gasteiger charge is 2.38. The van der Waals surface area contributed by atoms with Crippen molar-refractivity contribution in [3.05, 3.63) is 28.2 Å². The Morgan fingerprint density at radius 3 is 2.72 bits per heavy atom. The fraction of sp³-hybridized carbons (Fsp3) is 0.500. The third-order valence-electron chi connectivity index (χ3n) is 3.64. The molecule has 0 aromatic heterocycles. The molecular formula is C14H18BrNO2. The number of carbonyl (C=O) groups is 1. The Kier molecular flexibility index (Phi) is 4.07. The van der Waals surface area contributed by atoms with Crippen LogP contribution in [0.3, 0.4) is 0 Å². The molecule has 1 amide bonds. The summed E-state index contributed by atoms with van der Waals surface area (Å²) in [5.41, 5.74) is 1.71. The van der Waals surface area contributed by atoms with E-state index >= 15 is 0 Å². The predicted octanol–water partition coefficient (Wildman–Crippen LogP) is 3.66. The van der Waals surface area contributed by atoms with Gasteiger partial charge in [-0.1, -0.05) is 15.9 Å². The van der Waals surface area contributed by atoms with Crippen molar-refractivity contribution >= 4 is 27.5 Å². The first-order valence-corrected chi connectivity index (χ1v) is 6.95. The first kappa shape index (κ1) is 13.6. The van der Waals surface area contributed by atoms with Gasteiger partial charge in [-0.3, -0.25) is 4.79 Å². The predicted molar refractivity (Wildman–Crippen MR) is 75.7 cm³/mol. The average molecular weight is 312 g/mol. The molecule has 4 heteroatoms. The van der Waals surface area contributed by atoms with Gasteiger partial charge in [-0.2, -0.15) is 0 Å². The highest BCUT2D eigenvalue weighted by Crippen LogP contribution is 2.38. The average Bonchev–Trinajstić information content (AvgIpc) is 2.27. The van der Waals surface area contributed by atoms with Gasteiger partial charge in [-0.25, -0.2) is 0 Å². The molecule has 0 saturated heterocycles. The van der Waals surface area contributed by atoms with Crippen LogP contribution in [0.4, 0.5) is 5.69 Å². The SMILES string of the molecule is COC1(CC(=O)Nc2ccc(Br)cc2C)CCC1. The van der Waals surface area contributed by atoms with E-state index in [2.05, 4.69) is 21.2 Å². The van der Waals surface area contributed by atoms with Gasteiger partial charge in [0.05, 0.1) is 12.0 Å². The lowest BCUT2D eigenvalue weighted by Gasteiger charge is -2.39. The number of halogens is 1. The summed E-state index contributed by atoms with van der Waals surface area (Å²) in [4.78, 5) is 12.0. The van der Waals surface area contributed by atoms with Gasteiger partial charge in [0, 0.05) is 17.3 Å². The first-order chi connectivity index (χ1) is 8.54. The molecule has 1 aliphatic carbocycles. The molecule has 18 heavy (non-hydrogen) atoms. The maximum Gasteiger partial charge on any atom is 0.227 e. The van der Waals surface area contributed by atoms with Crippen molar-refractivity contribution in [2.45, 2.75) is 38.2 Å². The fourth-order valence-electron chi connectivity index (χ4n) is 2.28. The number of benzene rings is 1. The third-order valence-corrected chi connectivity index (χ3v) is 4.14. The zero-order valence-electron chi connectivity index (χ0n) is 10.8. The van der Waals surface area contributed by atoms with Gasteiger partial charge in [0.15, 0.2) is 0 Å². The molecule has 1 fully saturated rings. The number of amides is 1. The number of aryl methyl sites for hydroxylation is 1. The number of carbonyl (C=O) groups excluding carboxylic acids is 1. The number of methoxy groups -OCH3 is 1. The fourth-order valence-corrected chi connectivity index (χ4v) is 2.75. The molecule has 2 rings (SSSR count). The lowest BCUT2D eigenvalue weighted by Crippen LogP contribution is -2.42. The van der Waals surface area contributed by atoms with E-state index in [4.69, 9.17) is 4.74 Å². The van der Waals surface area contributed by atoms with Crippen molar-refractivity contribution in [3.8, 4) is 0 Å². The second kappa shape index (κ2) is 5.41. The van der Waals surface area contributed by atoms with Crippen LogP contribution >= 0.6 is 15.9 Å². The molecule has 0 heterocycles. The van der Waals surface area contributed by atoms with Crippen molar-refractivity contribution in [3.63, 3.8) is 0 Å². The van der Waals surface area contributed by atoms with Gasteiger partial charge in [-0.05, 0) is 49.9 Å². The molecule has 0 aliphatic heterocycles. The number of rotatable bonds is 4. The lowest BCUT2D eigenvalue weighted by molar-refractivity contribution is -0.129. The van der Waals surface area contributed by atoms with Crippen LogP contribution in [0.5, 0.6) is 0 Å². The number of ether oxygens (including phenoxy) is 1. The molecule has 98 valence electrons. The molecule has 0 atom stereocenters. The quantitative estimate of drug-likeness (QED) is 0.921. The lowest BCUT2D eigenvalue weighted by atomic mass is 9.77. The highest BCUT2D eigenvalue weighted by molar-refractivity contribution is 9.10. The molecule has 0 bridgehead atoms. The van der Waals surface area contributed by atoms with E-state index in [9.17, 15) is 4.79 Å². The summed E-state index contributed by atoms with van der Waals surface area (Å²) in [6, 6.07) is 5.83. The molecule has 1 saturated carbocycles. The van der Waals surface area contributed by atoms with E-state index in [1.54, 1.807) is 7.11 Å². The van der Waals surface area contributed by atoms with Crippen molar-refractivity contribution in [2.75, 3.05) is 12.4 Å². The molecule has 3 nitrogen and oxygen atoms in total. The topological polar surface area (TPSA) is 38.3 Å². The Morgan fingerprint density at radius 1 is 1.50 bits per heavy atom. The van der Waals surface area contributed by atoms with Crippen LogP contribution in [0.25, 0.3) is 0 Å². The zero-order chi connectivity index (χ0) is 13.2. The molecule has 1 aromatic rings. The van der Waals surface area contributed by atoms with Gasteiger partial charge in [0.1, 0.15) is 0 Å². The van der Waals surface area contributed by atoms with E-state index in [0.717, 1.165) is 35.0 Å². The van der Waals surface area contributed by atoms with Crippen molar-refractivity contribution in [2.24, 2.45) is 0 Å². The minimum atomic E-state index is -0.215. The molecule has 1 N–H and O–H groups in total. The Balaban J connectivity index is 1.98. The Hall–Kier alpha value is -0.870. The number of hydrogen-bond donors (Lipinski definition) is 1. The Morgan fingerprint density at radius 2 is 2.22 bits per heavy atom. The molecule has 1 aromatic carbocycles. The second-order valence-corrected chi connectivity index (χ2v) is 5.84. The van der Waals surface area contributed by atoms with Crippen LogP contribution in [0.15, 0.2) is 22.7 Å². The van der Waals surface area contributed by atoms with E-state index in [1.807, 2.05) is 25.1 Å². The van der Waals surface area contributed by atoms with E-state index < -0.39 is 0 Å². The van der Waals surface area contributed by atoms with Crippen molar-refractivity contribution in [1.29, 1.82) is 0 Å². The molecule has 1 aliphatic rings. The van der Waals surface area contributed by atoms with Crippen molar-refractivity contribution < 1.29 is 9.53 Å². The summed E-state index contributed by atoms with van der Waals surface area (Å²) in [7, 11) is 1.69. The van der Waals surface area contributed by atoms with Crippen LogP contribution < -0.4 is 5.32 Å². The van der Waals surface area contributed by atoms with Gasteiger partial charge < -0.3 is 10.1 Å². The van der Waals surface area contributed by atoms with Gasteiger partial charge >= 0.3 is 0 Å². The minimum Gasteiger partial charge on any atom is -0.378 e. The Bertz CT molecular complexity index is 450. The first-order valence-electron chi connectivity index (χ1n) is 6.16. The van der Waals surface area contributed by atoms with Crippen LogP contribution in [0.1, 0.15) is 31.2 Å². The van der Waals surface area contributed by atoms with Crippen LogP contribution in [-0.4, -0.2) is 18.6 Å². The summed E-state index contributed by atoms with van der Waals surface area (Å²) in [6.07, 6.45) is 3.56. The molecular weight excluding hydrogens is 294 g/mol. The molecule has 0 unspecified atom stereocenters. The standard InChI is InChI=1S/C14H18BrNO2/c1-10-8-11(15)4-5-12(10)16-13(17)9-14(18-2)6-3-7-14/h4-5,8H,3,6-7,9H2,1-2H3,(H,16,17). The maximum atomic E-state index is 12.0. The molecule has 0 radical (unpaired) electrons. The van der Waals surface area contributed by atoms with Gasteiger partial charge in [0.2, 0.25) is 5.91 Å². The molecule has 0 spiro atoms. The van der Waals surface area contributed by atoms with E-state index in [1.165, 1.54) is 0 Å². The zero-order valence-corrected chi connectivity index (χ0v) is 12.3. The Labute approximate surface area is 116 Å². The maximum absolute atomic E-state index is 12.0. The van der Waals surface area contributed by atoms with E-state index in [0.29, 0.717) is 6.42 Å². The summed E-state index contributed by atoms with van der Waals surface area (Å²) < 4.78 is 6.48. The van der Waals surface area contributed by atoms with Crippen LogP contribution in [-0.2, 0) is 9.53 Å². The van der Waals surface area contributed by atoms with E-state index in [-0.39, 0.29) is 11.5 Å². The van der Waals surface area contributed by atoms with Gasteiger partial charge in [-0.15, -0.1) is 0 Å². The highest BCUT2D eigenvalue weighted by atomic mass is 79.9. The monoisotopic (exact) mass is 311 g/mol. The second-order valence-electron chi connectivity index (χ2n) is 4.92. The largest absolute Gasteiger partial charge is 0.378 e. The number of nitrogens with one attached hydrogen (secondary N) is 1. The van der Waals surface area contributed by atoms with Crippen LogP contribution in [0, 0.1) is 6.92 Å². The van der Waals surface area contributed by atoms with Crippen molar-refractivity contribution in [1.82, 2.24) is 0 Å². The summed E-state index contributed by atoms with van der Waals surface area (Å²) in [6.45, 7) is 1.98. The number of anilines is 1. The van der Waals surface area contributed by atoms with Gasteiger partial charge in [0.25, 0.3) is 0 Å². The summed E-state index contributed by atoms with van der Waals surface area (Å²) in [5, 5.41) is 2.96. The number of hydrogen-bond acceptors (Lipinski definition) is 2. The normalized spacial score (nSPS) is 17.1. The van der Waals surface area contributed by atoms with Crippen LogP contribution in [0.2, 0.25) is 0 Å². The smallest absolute Gasteiger partial charge is 0.227 e. The minimum absolute atomic E-state index is 0.0296. The summed E-state index contributed by atoms with van der Waals surface area (Å²) >= 11 is 3.41. The summed E-state index contributed by atoms with van der Waals surface area (Å²) in [5.74, 6) is 0.0296. The third kappa shape index (κ3) is 2.93.